The molecule has 0 saturated carbocycles. The minimum Gasteiger partial charge on any atom is -0.508 e. The van der Waals surface area contributed by atoms with Gasteiger partial charge in [-0.3, -0.25) is 0 Å². The third-order valence-corrected chi connectivity index (χ3v) is 26.1. The Kier molecular flexibility index (Phi) is 33.1. The highest BCUT2D eigenvalue weighted by Gasteiger charge is 2.34. The Bertz CT molecular complexity index is 7070. The molecule has 14 aromatic carbocycles. The zero-order chi connectivity index (χ0) is 105. The van der Waals surface area contributed by atoms with Crippen LogP contribution in [0.4, 0.5) is 0 Å². The van der Waals surface area contributed by atoms with Crippen molar-refractivity contribution in [3.05, 3.63) is 296 Å². The number of fused-ring (bicyclic) bond motifs is 7. The van der Waals surface area contributed by atoms with E-state index in [9.17, 15) is 91.9 Å². The van der Waals surface area contributed by atoms with Crippen LogP contribution in [0.25, 0.3) is 0 Å². The zero-order valence-corrected chi connectivity index (χ0v) is 82.3. The predicted molar refractivity (Wildman–Crippen MR) is 541 cm³/mol. The highest BCUT2D eigenvalue weighted by molar-refractivity contribution is 5.60. The van der Waals surface area contributed by atoms with E-state index in [4.69, 9.17) is 75.8 Å². The van der Waals surface area contributed by atoms with Crippen molar-refractivity contribution in [2.75, 3.05) is 64.0 Å². The Labute approximate surface area is 851 Å². The third-order valence-electron chi connectivity index (χ3n) is 26.1. The largest absolute Gasteiger partial charge is 0.508 e. The third kappa shape index (κ3) is 24.5. The van der Waals surface area contributed by atoms with Crippen LogP contribution in [0.15, 0.2) is 218 Å². The molecule has 0 amide bonds. The molecule has 7 atom stereocenters. The molecule has 7 aliphatic rings. The van der Waals surface area contributed by atoms with E-state index in [1.165, 1.54) is 101 Å². The van der Waals surface area contributed by atoms with Crippen LogP contribution in [-0.2, 0) is 44.9 Å². The lowest BCUT2D eigenvalue weighted by molar-refractivity contribution is 0.173. The van der Waals surface area contributed by atoms with Gasteiger partial charge in [-0.2, -0.15) is 0 Å². The van der Waals surface area contributed by atoms with Gasteiger partial charge in [0, 0.05) is 124 Å². The topological polar surface area (TPSA) is 512 Å². The number of methoxy groups -OCH3 is 9. The van der Waals surface area contributed by atoms with Crippen molar-refractivity contribution < 1.29 is 168 Å². The van der Waals surface area contributed by atoms with Crippen molar-refractivity contribution in [3.63, 3.8) is 0 Å². The molecule has 21 rings (SSSR count). The molecular formula is C114H116O34. The highest BCUT2D eigenvalue weighted by Crippen LogP contribution is 2.53. The maximum atomic E-state index is 10.0. The van der Waals surface area contributed by atoms with Crippen molar-refractivity contribution in [1.29, 1.82) is 0 Å². The van der Waals surface area contributed by atoms with Crippen molar-refractivity contribution in [2.24, 2.45) is 0 Å². The highest BCUT2D eigenvalue weighted by atomic mass is 16.5. The van der Waals surface area contributed by atoms with Gasteiger partial charge < -0.3 is 168 Å². The van der Waals surface area contributed by atoms with E-state index >= 15 is 0 Å². The molecule has 148 heavy (non-hydrogen) atoms. The van der Waals surface area contributed by atoms with E-state index in [2.05, 4.69) is 0 Å². The second kappa shape index (κ2) is 46.8. The fourth-order valence-corrected chi connectivity index (χ4v) is 18.2. The van der Waals surface area contributed by atoms with E-state index in [0.29, 0.717) is 131 Å². The zero-order valence-electron chi connectivity index (χ0n) is 82.3. The summed E-state index contributed by atoms with van der Waals surface area (Å²) in [5.74, 6) is 9.26. The van der Waals surface area contributed by atoms with E-state index in [0.717, 1.165) is 128 Å². The average Bonchev–Trinajstić information content (AvgIpc) is 0.802. The van der Waals surface area contributed by atoms with Gasteiger partial charge in [0.25, 0.3) is 0 Å². The average molecular weight is 2030 g/mol. The van der Waals surface area contributed by atoms with Crippen LogP contribution < -0.4 is 75.8 Å². The first-order chi connectivity index (χ1) is 71.2. The summed E-state index contributed by atoms with van der Waals surface area (Å²) in [5.41, 5.74) is 11.7. The lowest BCUT2D eigenvalue weighted by atomic mass is 9.96. The van der Waals surface area contributed by atoms with Crippen molar-refractivity contribution in [1.82, 2.24) is 0 Å². The molecule has 7 heterocycles. The quantitative estimate of drug-likeness (QED) is 0.0400. The molecule has 14 aromatic rings. The Morgan fingerprint density at radius 3 is 0.655 bits per heavy atom. The summed E-state index contributed by atoms with van der Waals surface area (Å²) in [5, 5.41) is 173. The first kappa shape index (κ1) is 105. The fourth-order valence-electron chi connectivity index (χ4n) is 18.2. The summed E-state index contributed by atoms with van der Waals surface area (Å²) >= 11 is 0. The summed E-state index contributed by atoms with van der Waals surface area (Å²) in [7, 11) is 14.1. The second-order valence-electron chi connectivity index (χ2n) is 35.3. The van der Waals surface area contributed by atoms with Crippen molar-refractivity contribution >= 4 is 0 Å². The molecule has 0 bridgehead atoms. The Morgan fingerprint density at radius 2 is 0.385 bits per heavy atom. The monoisotopic (exact) mass is 2030 g/mol. The van der Waals surface area contributed by atoms with E-state index in [1.54, 1.807) is 120 Å². The number of hydrogen-bond acceptors (Lipinski definition) is 34. The van der Waals surface area contributed by atoms with Gasteiger partial charge in [-0.1, -0.05) is 48.5 Å². The molecule has 7 unspecified atom stereocenters. The van der Waals surface area contributed by atoms with Gasteiger partial charge in [0.05, 0.1) is 64.0 Å². The van der Waals surface area contributed by atoms with Crippen LogP contribution in [0.3, 0.4) is 0 Å². The molecule has 7 aliphatic heterocycles. The van der Waals surface area contributed by atoms with Crippen LogP contribution in [0, 0.1) is 0 Å². The fraction of sp³-hybridized carbons (Fsp3) is 0.263. The van der Waals surface area contributed by atoms with Gasteiger partial charge in [0.2, 0.25) is 0 Å². The van der Waals surface area contributed by atoms with Gasteiger partial charge in [0.1, 0.15) is 169 Å². The number of hydrogen-bond donors (Lipinski definition) is 18. The first-order valence-electron chi connectivity index (χ1n) is 47.3. The first-order valence-corrected chi connectivity index (χ1v) is 47.3. The van der Waals surface area contributed by atoms with Crippen LogP contribution >= 0.6 is 0 Å². The molecule has 0 aromatic heterocycles. The maximum absolute atomic E-state index is 10.0. The summed E-state index contributed by atoms with van der Waals surface area (Å²) in [6.07, 6.45) is 8.65. The van der Waals surface area contributed by atoms with E-state index in [1.807, 2.05) is 60.7 Å². The molecule has 0 fully saturated rings. The molecule has 18 N–H and O–H groups in total. The summed E-state index contributed by atoms with van der Waals surface area (Å²) < 4.78 is 88.5. The Morgan fingerprint density at radius 1 is 0.162 bits per heavy atom. The summed E-state index contributed by atoms with van der Waals surface area (Å²) in [6.45, 7) is 0. The van der Waals surface area contributed by atoms with Crippen LogP contribution in [0.1, 0.15) is 166 Å². The van der Waals surface area contributed by atoms with E-state index in [-0.39, 0.29) is 146 Å². The second-order valence-corrected chi connectivity index (χ2v) is 35.3. The van der Waals surface area contributed by atoms with Gasteiger partial charge in [-0.15, -0.1) is 0 Å². The number of ether oxygens (including phenoxy) is 16. The van der Waals surface area contributed by atoms with Gasteiger partial charge >= 0.3 is 0 Å². The predicted octanol–water partition coefficient (Wildman–Crippen LogP) is 21.0. The number of phenolic OH excluding ortho intramolecular Hbond substituents is 18. The Hall–Kier alpha value is -17.7. The lowest BCUT2D eigenvalue weighted by Crippen LogP contribution is -2.16. The van der Waals surface area contributed by atoms with Gasteiger partial charge in [0.15, 0.2) is 69.0 Å². The van der Waals surface area contributed by atoms with Gasteiger partial charge in [-0.05, 0) is 214 Å². The lowest BCUT2D eigenvalue weighted by Gasteiger charge is -2.28. The number of rotatable bonds is 16. The van der Waals surface area contributed by atoms with E-state index < -0.39 is 0 Å². The molecule has 0 saturated heterocycles. The number of benzene rings is 14. The minimum absolute atomic E-state index is 0.0115. The SMILES string of the molecule is COc1cc(O)c2c(c1)OC(c1ccc(O)c(O)c1)CC2.COc1cc(O)c2c(c1)OC(c1ccc(O)c(OC)c1)CC2.COc1cc(OC)c2c(c1)OC(c1ccc(O)c(O)c1)CC2.COc1cc(OC)c2c(c1)OC(c1ccc(O)c(OC)c1)CC2.COc1ccc(C2CCc3c(O)cc(O)cc3O2)cc1O.Oc1cc(O)c2c(c1)OC(c1ccc(O)c(O)c1)CC2.Oc1ccc(C2CCc3c(O)cc(O)cc3O2)cc1. The van der Waals surface area contributed by atoms with Crippen LogP contribution in [0.5, 0.6) is 195 Å². The minimum atomic E-state index is -0.296. The normalized spacial score (nSPS) is 16.8. The van der Waals surface area contributed by atoms with Crippen LogP contribution in [-0.4, -0.2) is 156 Å². The molecule has 34 nitrogen and oxygen atoms in total. The van der Waals surface area contributed by atoms with Crippen molar-refractivity contribution in [3.8, 4) is 195 Å². The number of aromatic hydroxyl groups is 18. The standard InChI is InChI=1S/C18H20O5.2C17H18O5.2C16H16O5.C15H14O5.C15H14O4/c1-20-12-9-16(21-2)13-5-7-15(23-17(13)10-12)11-4-6-14(19)18(8-11)22-3;1-20-11-8-14(19)12-4-6-15(22-16(12)9-11)10-3-5-13(18)17(7-10)21-2;1-20-11-8-16(21-2)12-4-6-15(22-17(12)9-11)10-3-5-13(18)14(19)7-10;1-20-15-4-2-9(6-13(15)19)14-5-3-11-12(18)7-10(17)8-16(11)21-14;1-20-10-7-13(18)11-3-5-15(21-16(11)8-10)9-2-4-12(17)14(19)6-9;16-9-6-12(18)10-2-4-14(20-15(10)7-9)8-1-3-11(17)13(19)5-8;16-10-3-1-9(2-4-10)14-6-5-12-13(18)7-11(17)8-15(12)19-14/h4,6,8-10,15,19H,5,7H2,1-3H3;2*3,5,7-9,15,18-19H,4,6H2,1-2H3;2,4,6-8,14,17-19H,3,5H2,1H3;2,4,6-8,15,17-19H,3,5H2,1H3;1,3,5-7,14,16-19H,2,4H2;1-4,7-8,14,16-18H,5-6H2. The molecule has 776 valence electrons. The smallest absolute Gasteiger partial charge is 0.160 e. The summed E-state index contributed by atoms with van der Waals surface area (Å²) in [6, 6.07) is 58.8. The van der Waals surface area contributed by atoms with Crippen molar-refractivity contribution in [2.45, 2.75) is 133 Å². The van der Waals surface area contributed by atoms with Crippen LogP contribution in [0.2, 0.25) is 0 Å². The summed E-state index contributed by atoms with van der Waals surface area (Å²) in [4.78, 5) is 0. The molecular weight excluding hydrogens is 1910 g/mol. The Balaban J connectivity index is 0.000000129. The molecule has 0 spiro atoms. The molecule has 34 heteroatoms. The molecule has 0 aliphatic carbocycles. The molecule has 0 radical (unpaired) electrons. The maximum Gasteiger partial charge on any atom is 0.160 e. The number of phenols is 18. The van der Waals surface area contributed by atoms with Gasteiger partial charge in [-0.25, -0.2) is 0 Å².